The predicted octanol–water partition coefficient (Wildman–Crippen LogP) is 7.93. The van der Waals surface area contributed by atoms with E-state index in [2.05, 4.69) is 6.92 Å². The number of rotatable bonds is 19. The molecule has 170 valence electrons. The number of carboxylic acids is 1. The largest absolute Gasteiger partial charge is 0.481 e. The standard InChI is InChI=1S/C22H44O2.C3H9N/c1-3-5-6-7-8-9-10-11-12-13-14-15-16-17-18-19-20-21(4-2)22(23)24;1-4(2)3/h21H,3-20H2,1-2H3,(H,23,24);1-3H3. The summed E-state index contributed by atoms with van der Waals surface area (Å²) in [5.74, 6) is -0.727. The molecule has 0 aromatic heterocycles. The fourth-order valence-corrected chi connectivity index (χ4v) is 3.44. The molecule has 3 heteroatoms. The van der Waals surface area contributed by atoms with Gasteiger partial charge in [0.25, 0.3) is 0 Å². The summed E-state index contributed by atoms with van der Waals surface area (Å²) in [4.78, 5) is 12.9. The third-order valence-corrected chi connectivity index (χ3v) is 5.25. The molecule has 0 spiro atoms. The lowest BCUT2D eigenvalue weighted by atomic mass is 9.98. The number of nitrogens with zero attached hydrogens (tertiary/aromatic N) is 1. The first-order chi connectivity index (χ1) is 13.5. The maximum Gasteiger partial charge on any atom is 0.306 e. The Morgan fingerprint density at radius 1 is 0.643 bits per heavy atom. The van der Waals surface area contributed by atoms with E-state index in [0.717, 1.165) is 19.3 Å². The zero-order valence-corrected chi connectivity index (χ0v) is 20.1. The second kappa shape index (κ2) is 24.5. The minimum atomic E-state index is -0.613. The van der Waals surface area contributed by atoms with E-state index in [-0.39, 0.29) is 5.92 Å². The van der Waals surface area contributed by atoms with E-state index in [0.29, 0.717) is 0 Å². The van der Waals surface area contributed by atoms with E-state index < -0.39 is 5.97 Å². The molecule has 0 saturated carbocycles. The minimum Gasteiger partial charge on any atom is -0.481 e. The van der Waals surface area contributed by atoms with Crippen molar-refractivity contribution in [3.05, 3.63) is 0 Å². The number of unbranched alkanes of at least 4 members (excludes halogenated alkanes) is 15. The topological polar surface area (TPSA) is 40.5 Å². The maximum atomic E-state index is 10.9. The lowest BCUT2D eigenvalue weighted by Crippen LogP contribution is -2.12. The van der Waals surface area contributed by atoms with Crippen LogP contribution in [0.1, 0.15) is 129 Å². The SMILES string of the molecule is CCCCCCCCCCCCCCCCCCC(CC)C(=O)O.CN(C)C. The van der Waals surface area contributed by atoms with Crippen LogP contribution in [0, 0.1) is 5.92 Å². The van der Waals surface area contributed by atoms with Gasteiger partial charge in [0.05, 0.1) is 5.92 Å². The Morgan fingerprint density at radius 2 is 0.929 bits per heavy atom. The summed E-state index contributed by atoms with van der Waals surface area (Å²) in [6, 6.07) is 0. The van der Waals surface area contributed by atoms with Gasteiger partial charge in [0.15, 0.2) is 0 Å². The molecule has 0 radical (unpaired) electrons. The Labute approximate surface area is 177 Å². The Bertz CT molecular complexity index is 302. The molecule has 0 aliphatic heterocycles. The summed E-state index contributed by atoms with van der Waals surface area (Å²) in [5, 5.41) is 9.00. The molecule has 0 fully saturated rings. The molecule has 28 heavy (non-hydrogen) atoms. The summed E-state index contributed by atoms with van der Waals surface area (Å²) < 4.78 is 0. The van der Waals surface area contributed by atoms with Crippen LogP contribution < -0.4 is 0 Å². The van der Waals surface area contributed by atoms with E-state index in [1.165, 1.54) is 96.3 Å². The van der Waals surface area contributed by atoms with Crippen molar-refractivity contribution < 1.29 is 9.90 Å². The van der Waals surface area contributed by atoms with Crippen LogP contribution in [-0.2, 0) is 4.79 Å². The highest BCUT2D eigenvalue weighted by atomic mass is 16.4. The lowest BCUT2D eigenvalue weighted by Gasteiger charge is -2.08. The number of carboxylic acid groups (broad SMARTS) is 1. The summed E-state index contributed by atoms with van der Waals surface area (Å²) in [6.45, 7) is 4.26. The van der Waals surface area contributed by atoms with Crippen LogP contribution in [-0.4, -0.2) is 37.1 Å². The Morgan fingerprint density at radius 3 is 1.18 bits per heavy atom. The van der Waals surface area contributed by atoms with Gasteiger partial charge in [0.2, 0.25) is 0 Å². The summed E-state index contributed by atoms with van der Waals surface area (Å²) in [6.07, 6.45) is 23.5. The van der Waals surface area contributed by atoms with E-state index in [4.69, 9.17) is 5.11 Å². The quantitative estimate of drug-likeness (QED) is 0.224. The van der Waals surface area contributed by atoms with Gasteiger partial charge in [0.1, 0.15) is 0 Å². The van der Waals surface area contributed by atoms with Crippen molar-refractivity contribution in [2.75, 3.05) is 21.1 Å². The Hall–Kier alpha value is -0.570. The molecular formula is C25H53NO2. The van der Waals surface area contributed by atoms with Gasteiger partial charge in [-0.2, -0.15) is 0 Å². The molecule has 0 aromatic rings. The summed E-state index contributed by atoms with van der Waals surface area (Å²) in [5.41, 5.74) is 0. The van der Waals surface area contributed by atoms with E-state index in [1.54, 1.807) is 0 Å². The number of hydrogen-bond acceptors (Lipinski definition) is 2. The van der Waals surface area contributed by atoms with Gasteiger partial charge in [-0.25, -0.2) is 0 Å². The fourth-order valence-electron chi connectivity index (χ4n) is 3.44. The number of aliphatic carboxylic acids is 1. The van der Waals surface area contributed by atoms with Gasteiger partial charge in [-0.1, -0.05) is 117 Å². The highest BCUT2D eigenvalue weighted by molar-refractivity contribution is 5.69. The fraction of sp³-hybridized carbons (Fsp3) is 0.960. The molecule has 0 aliphatic rings. The molecule has 0 saturated heterocycles. The van der Waals surface area contributed by atoms with Gasteiger partial charge >= 0.3 is 5.97 Å². The van der Waals surface area contributed by atoms with E-state index >= 15 is 0 Å². The van der Waals surface area contributed by atoms with Gasteiger partial charge < -0.3 is 10.0 Å². The van der Waals surface area contributed by atoms with Crippen molar-refractivity contribution in [2.24, 2.45) is 5.92 Å². The van der Waals surface area contributed by atoms with Crippen LogP contribution in [0.25, 0.3) is 0 Å². The molecule has 1 atom stereocenters. The molecule has 0 amide bonds. The first-order valence-corrected chi connectivity index (χ1v) is 12.3. The van der Waals surface area contributed by atoms with Crippen LogP contribution in [0.15, 0.2) is 0 Å². The number of hydrogen-bond donors (Lipinski definition) is 1. The smallest absolute Gasteiger partial charge is 0.306 e. The van der Waals surface area contributed by atoms with Gasteiger partial charge in [-0.3, -0.25) is 4.79 Å². The average Bonchev–Trinajstić information content (AvgIpc) is 2.63. The molecular weight excluding hydrogens is 346 g/mol. The van der Waals surface area contributed by atoms with E-state index in [9.17, 15) is 4.79 Å². The molecule has 3 nitrogen and oxygen atoms in total. The predicted molar refractivity (Wildman–Crippen MR) is 125 cm³/mol. The monoisotopic (exact) mass is 399 g/mol. The molecule has 1 unspecified atom stereocenters. The van der Waals surface area contributed by atoms with Crippen molar-refractivity contribution in [3.8, 4) is 0 Å². The highest BCUT2D eigenvalue weighted by Gasteiger charge is 2.13. The third-order valence-electron chi connectivity index (χ3n) is 5.25. The van der Waals surface area contributed by atoms with Gasteiger partial charge in [0, 0.05) is 0 Å². The van der Waals surface area contributed by atoms with Crippen LogP contribution in [0.4, 0.5) is 0 Å². The average molecular weight is 400 g/mol. The van der Waals surface area contributed by atoms with Gasteiger partial charge in [-0.15, -0.1) is 0 Å². The van der Waals surface area contributed by atoms with Crippen molar-refractivity contribution in [3.63, 3.8) is 0 Å². The Kier molecular flexibility index (Phi) is 25.9. The first kappa shape index (κ1) is 29.6. The highest BCUT2D eigenvalue weighted by Crippen LogP contribution is 2.16. The van der Waals surface area contributed by atoms with Crippen LogP contribution in [0.2, 0.25) is 0 Å². The van der Waals surface area contributed by atoms with Gasteiger partial charge in [-0.05, 0) is 34.0 Å². The van der Waals surface area contributed by atoms with Crippen molar-refractivity contribution in [2.45, 2.75) is 129 Å². The molecule has 1 N–H and O–H groups in total. The number of carbonyl (C=O) groups is 1. The van der Waals surface area contributed by atoms with Crippen molar-refractivity contribution >= 4 is 5.97 Å². The maximum absolute atomic E-state index is 10.9. The molecule has 0 heterocycles. The zero-order valence-electron chi connectivity index (χ0n) is 20.1. The van der Waals surface area contributed by atoms with Crippen molar-refractivity contribution in [1.29, 1.82) is 0 Å². The van der Waals surface area contributed by atoms with Crippen LogP contribution >= 0.6 is 0 Å². The molecule has 0 bridgehead atoms. The lowest BCUT2D eigenvalue weighted by molar-refractivity contribution is -0.142. The second-order valence-electron chi connectivity index (χ2n) is 8.88. The second-order valence-corrected chi connectivity index (χ2v) is 8.88. The van der Waals surface area contributed by atoms with Crippen molar-refractivity contribution in [1.82, 2.24) is 4.90 Å². The molecule has 0 rings (SSSR count). The normalized spacial score (nSPS) is 11.9. The zero-order chi connectivity index (χ0) is 21.5. The van der Waals surface area contributed by atoms with E-state index in [1.807, 2.05) is 33.0 Å². The molecule has 0 aromatic carbocycles. The Balaban J connectivity index is 0. The minimum absolute atomic E-state index is 0.114. The van der Waals surface area contributed by atoms with Crippen LogP contribution in [0.5, 0.6) is 0 Å². The third kappa shape index (κ3) is 27.6. The summed E-state index contributed by atoms with van der Waals surface area (Å²) >= 11 is 0. The summed E-state index contributed by atoms with van der Waals surface area (Å²) in [7, 11) is 6.00. The van der Waals surface area contributed by atoms with Crippen LogP contribution in [0.3, 0.4) is 0 Å². The molecule has 0 aliphatic carbocycles. The first-order valence-electron chi connectivity index (χ1n) is 12.3.